The molecule has 1 fully saturated rings. The van der Waals surface area contributed by atoms with Gasteiger partial charge < -0.3 is 10.2 Å². The van der Waals surface area contributed by atoms with Gasteiger partial charge in [-0.2, -0.15) is 5.10 Å². The number of hydrogen-bond acceptors (Lipinski definition) is 4. The molecule has 0 saturated carbocycles. The lowest BCUT2D eigenvalue weighted by molar-refractivity contribution is -0.126. The summed E-state index contributed by atoms with van der Waals surface area (Å²) in [6.45, 7) is 0.595. The molecule has 0 aliphatic carbocycles. The minimum atomic E-state index is -0.448. The van der Waals surface area contributed by atoms with Crippen LogP contribution in [0, 0.1) is 0 Å². The predicted octanol–water partition coefficient (Wildman–Crippen LogP) is 0.669. The van der Waals surface area contributed by atoms with Crippen molar-refractivity contribution < 1.29 is 9.59 Å². The van der Waals surface area contributed by atoms with Crippen molar-refractivity contribution in [2.24, 2.45) is 7.05 Å². The Bertz CT molecular complexity index is 698. The van der Waals surface area contributed by atoms with E-state index in [0.717, 1.165) is 11.3 Å². The molecule has 2 aromatic heterocycles. The maximum Gasteiger partial charge on any atom is 0.249 e. The van der Waals surface area contributed by atoms with Crippen molar-refractivity contribution in [3.8, 4) is 0 Å². The van der Waals surface area contributed by atoms with Gasteiger partial charge in [0.15, 0.2) is 0 Å². The maximum absolute atomic E-state index is 12.4. The van der Waals surface area contributed by atoms with Gasteiger partial charge >= 0.3 is 0 Å². The van der Waals surface area contributed by atoms with Crippen LogP contribution < -0.4 is 10.2 Å². The molecular formula is C16H19N5O2. The second kappa shape index (κ2) is 6.60. The summed E-state index contributed by atoms with van der Waals surface area (Å²) in [6, 6.07) is 3.33. The summed E-state index contributed by atoms with van der Waals surface area (Å²) >= 11 is 0. The Morgan fingerprint density at radius 3 is 3.00 bits per heavy atom. The van der Waals surface area contributed by atoms with Gasteiger partial charge in [-0.15, -0.1) is 0 Å². The summed E-state index contributed by atoms with van der Waals surface area (Å²) in [5.74, 6) is -0.187. The van der Waals surface area contributed by atoms with Crippen LogP contribution in [0.5, 0.6) is 0 Å². The number of carbonyl (C=O) groups excluding carboxylic acids is 2. The highest BCUT2D eigenvalue weighted by Crippen LogP contribution is 2.20. The third-order valence-corrected chi connectivity index (χ3v) is 3.91. The lowest BCUT2D eigenvalue weighted by Gasteiger charge is -2.15. The molecule has 0 aromatic carbocycles. The molecule has 120 valence electrons. The Labute approximate surface area is 134 Å². The number of nitrogens with one attached hydrogen (secondary N) is 1. The van der Waals surface area contributed by atoms with Crippen molar-refractivity contribution >= 4 is 17.5 Å². The van der Waals surface area contributed by atoms with Gasteiger partial charge in [-0.25, -0.2) is 0 Å². The van der Waals surface area contributed by atoms with Gasteiger partial charge in [-0.1, -0.05) is 6.07 Å². The molecule has 1 aliphatic rings. The van der Waals surface area contributed by atoms with Crippen LogP contribution in [0.25, 0.3) is 0 Å². The molecule has 2 amide bonds. The first-order valence-corrected chi connectivity index (χ1v) is 7.62. The van der Waals surface area contributed by atoms with Gasteiger partial charge in [0.2, 0.25) is 11.8 Å². The van der Waals surface area contributed by atoms with Crippen LogP contribution in [0.15, 0.2) is 36.9 Å². The number of aromatic nitrogens is 3. The Morgan fingerprint density at radius 1 is 1.43 bits per heavy atom. The maximum atomic E-state index is 12.4. The van der Waals surface area contributed by atoms with Crippen molar-refractivity contribution in [2.45, 2.75) is 25.3 Å². The summed E-state index contributed by atoms with van der Waals surface area (Å²) < 4.78 is 1.66. The number of nitrogens with zero attached hydrogens (tertiary/aromatic N) is 4. The molecule has 1 saturated heterocycles. The smallest absolute Gasteiger partial charge is 0.249 e. The van der Waals surface area contributed by atoms with Crippen LogP contribution in [-0.4, -0.2) is 39.2 Å². The zero-order valence-electron chi connectivity index (χ0n) is 13.0. The van der Waals surface area contributed by atoms with Crippen LogP contribution in [0.1, 0.15) is 18.4 Å². The van der Waals surface area contributed by atoms with Gasteiger partial charge in [-0.3, -0.25) is 19.3 Å². The fraction of sp³-hybridized carbons (Fsp3) is 0.375. The zero-order valence-corrected chi connectivity index (χ0v) is 13.0. The van der Waals surface area contributed by atoms with E-state index in [-0.39, 0.29) is 11.8 Å². The molecule has 0 radical (unpaired) electrons. The third-order valence-electron chi connectivity index (χ3n) is 3.91. The quantitative estimate of drug-likeness (QED) is 0.880. The topological polar surface area (TPSA) is 80.1 Å². The fourth-order valence-electron chi connectivity index (χ4n) is 2.69. The zero-order chi connectivity index (χ0) is 16.2. The fourth-order valence-corrected chi connectivity index (χ4v) is 2.69. The van der Waals surface area contributed by atoms with E-state index in [9.17, 15) is 9.59 Å². The first-order valence-electron chi connectivity index (χ1n) is 7.62. The van der Waals surface area contributed by atoms with Crippen LogP contribution in [0.2, 0.25) is 0 Å². The summed E-state index contributed by atoms with van der Waals surface area (Å²) in [5, 5.41) is 6.90. The molecule has 2 aromatic rings. The minimum absolute atomic E-state index is 0.0762. The van der Waals surface area contributed by atoms with Gasteiger partial charge in [-0.05, 0) is 24.5 Å². The van der Waals surface area contributed by atoms with E-state index < -0.39 is 6.04 Å². The van der Waals surface area contributed by atoms with Gasteiger partial charge in [0.25, 0.3) is 0 Å². The Kier molecular flexibility index (Phi) is 4.36. The number of anilines is 1. The summed E-state index contributed by atoms with van der Waals surface area (Å²) in [7, 11) is 1.81. The molecule has 3 heterocycles. The Hall–Kier alpha value is -2.70. The molecule has 0 unspecified atom stereocenters. The molecule has 3 rings (SSSR count). The third kappa shape index (κ3) is 3.56. The molecule has 0 bridgehead atoms. The normalized spacial score (nSPS) is 17.5. The summed E-state index contributed by atoms with van der Waals surface area (Å²) in [5.41, 5.74) is 1.78. The Morgan fingerprint density at radius 2 is 2.30 bits per heavy atom. The highest BCUT2D eigenvalue weighted by atomic mass is 16.2. The van der Waals surface area contributed by atoms with E-state index in [1.54, 1.807) is 34.4 Å². The molecule has 1 atom stereocenters. The molecule has 7 nitrogen and oxygen atoms in total. The predicted molar refractivity (Wildman–Crippen MR) is 84.7 cm³/mol. The summed E-state index contributed by atoms with van der Waals surface area (Å²) in [6.07, 6.45) is 8.49. The van der Waals surface area contributed by atoms with Gasteiger partial charge in [0.1, 0.15) is 6.04 Å². The van der Waals surface area contributed by atoms with Crippen LogP contribution in [0.4, 0.5) is 5.69 Å². The number of carbonyl (C=O) groups is 2. The molecule has 7 heteroatoms. The summed E-state index contributed by atoms with van der Waals surface area (Å²) in [4.78, 5) is 30.1. The molecule has 23 heavy (non-hydrogen) atoms. The standard InChI is InChI=1S/C16H19N5O2/c1-20-11-13(10-18-20)21-8-6-14(16(21)23)19-15(22)5-4-12-3-2-7-17-9-12/h2-3,7,9-11,14H,4-6,8H2,1H3,(H,19,22)/t14-/m1/s1. The lowest BCUT2D eigenvalue weighted by atomic mass is 10.1. The van der Waals surface area contributed by atoms with Crippen molar-refractivity contribution in [3.63, 3.8) is 0 Å². The number of pyridine rings is 1. The molecule has 1 N–H and O–H groups in total. The molecule has 1 aliphatic heterocycles. The van der Waals surface area contributed by atoms with Crippen molar-refractivity contribution in [1.29, 1.82) is 0 Å². The van der Waals surface area contributed by atoms with Crippen LogP contribution >= 0.6 is 0 Å². The number of amides is 2. The number of hydrogen-bond donors (Lipinski definition) is 1. The van der Waals surface area contributed by atoms with E-state index in [1.807, 2.05) is 19.2 Å². The number of rotatable bonds is 5. The van der Waals surface area contributed by atoms with E-state index in [2.05, 4.69) is 15.4 Å². The van der Waals surface area contributed by atoms with Crippen LogP contribution in [0.3, 0.4) is 0 Å². The van der Waals surface area contributed by atoms with Crippen molar-refractivity contribution in [3.05, 3.63) is 42.5 Å². The average molecular weight is 313 g/mol. The lowest BCUT2D eigenvalue weighted by Crippen LogP contribution is -2.41. The minimum Gasteiger partial charge on any atom is -0.344 e. The second-order valence-corrected chi connectivity index (χ2v) is 5.63. The second-order valence-electron chi connectivity index (χ2n) is 5.63. The first-order chi connectivity index (χ1) is 11.1. The van der Waals surface area contributed by atoms with E-state index >= 15 is 0 Å². The van der Waals surface area contributed by atoms with E-state index in [4.69, 9.17) is 0 Å². The largest absolute Gasteiger partial charge is 0.344 e. The highest BCUT2D eigenvalue weighted by Gasteiger charge is 2.33. The van der Waals surface area contributed by atoms with Crippen LogP contribution in [-0.2, 0) is 23.1 Å². The Balaban J connectivity index is 1.52. The van der Waals surface area contributed by atoms with Gasteiger partial charge in [0.05, 0.1) is 11.9 Å². The average Bonchev–Trinajstić information content (AvgIpc) is 3.13. The SMILES string of the molecule is Cn1cc(N2CC[C@@H](NC(=O)CCc3cccnc3)C2=O)cn1. The van der Waals surface area contributed by atoms with E-state index in [0.29, 0.717) is 25.8 Å². The highest BCUT2D eigenvalue weighted by molar-refractivity contribution is 6.01. The molecular weight excluding hydrogens is 294 g/mol. The number of aryl methyl sites for hydroxylation is 2. The monoisotopic (exact) mass is 313 g/mol. The molecule has 0 spiro atoms. The van der Waals surface area contributed by atoms with Crippen molar-refractivity contribution in [2.75, 3.05) is 11.4 Å². The van der Waals surface area contributed by atoms with E-state index in [1.165, 1.54) is 0 Å². The van der Waals surface area contributed by atoms with Gasteiger partial charge in [0, 0.05) is 38.6 Å². The van der Waals surface area contributed by atoms with Crippen molar-refractivity contribution in [1.82, 2.24) is 20.1 Å². The first kappa shape index (κ1) is 15.2.